The minimum atomic E-state index is -0.646. The maximum absolute atomic E-state index is 13.1. The van der Waals surface area contributed by atoms with Crippen molar-refractivity contribution in [1.29, 1.82) is 0 Å². The fraction of sp³-hybridized carbons (Fsp3) is 0. The van der Waals surface area contributed by atoms with Gasteiger partial charge in [-0.05, 0) is 12.1 Å². The van der Waals surface area contributed by atoms with Gasteiger partial charge in [-0.3, -0.25) is 10.1 Å². The monoisotopic (exact) mass is 240 g/mol. The average Bonchev–Trinajstić information content (AvgIpc) is 2.74. The third-order valence-corrected chi connectivity index (χ3v) is 2.23. The zero-order valence-corrected chi connectivity index (χ0v) is 8.62. The van der Waals surface area contributed by atoms with E-state index in [4.69, 9.17) is 11.6 Å². The van der Waals surface area contributed by atoms with Crippen LogP contribution in [0.2, 0.25) is 5.02 Å². The topological polar surface area (TPSA) is 70.7 Å². The molecule has 0 saturated heterocycles. The first-order chi connectivity index (χ1) is 7.68. The number of rotatable bonds is 2. The van der Waals surface area contributed by atoms with Crippen LogP contribution < -0.4 is 5.32 Å². The summed E-state index contributed by atoms with van der Waals surface area (Å²) in [6.07, 6.45) is 1.24. The number of nitrogens with one attached hydrogen (secondary N) is 2. The molecule has 0 spiro atoms. The molecule has 16 heavy (non-hydrogen) atoms. The smallest absolute Gasteiger partial charge is 0.259 e. The number of hydrogen-bond donors (Lipinski definition) is 2. The number of H-pyrrole nitrogens is 1. The Morgan fingerprint density at radius 2 is 2.31 bits per heavy atom. The summed E-state index contributed by atoms with van der Waals surface area (Å²) in [5.41, 5.74) is 0.0399. The molecule has 2 N–H and O–H groups in total. The highest BCUT2D eigenvalue weighted by Gasteiger charge is 2.14. The van der Waals surface area contributed by atoms with Gasteiger partial charge in [0.15, 0.2) is 0 Å². The van der Waals surface area contributed by atoms with E-state index in [0.29, 0.717) is 0 Å². The highest BCUT2D eigenvalue weighted by Crippen LogP contribution is 2.20. The lowest BCUT2D eigenvalue weighted by molar-refractivity contribution is 0.102. The Morgan fingerprint density at radius 1 is 1.50 bits per heavy atom. The van der Waals surface area contributed by atoms with E-state index in [1.54, 1.807) is 0 Å². The second-order valence-electron chi connectivity index (χ2n) is 2.89. The summed E-state index contributed by atoms with van der Waals surface area (Å²) in [6.45, 7) is 0. The van der Waals surface area contributed by atoms with Crippen molar-refractivity contribution in [2.45, 2.75) is 0 Å². The lowest BCUT2D eigenvalue weighted by Gasteiger charge is -2.03. The normalized spacial score (nSPS) is 10.1. The van der Waals surface area contributed by atoms with E-state index < -0.39 is 11.7 Å². The van der Waals surface area contributed by atoms with Crippen LogP contribution >= 0.6 is 11.6 Å². The molecule has 2 aromatic rings. The second-order valence-corrected chi connectivity index (χ2v) is 3.27. The maximum Gasteiger partial charge on any atom is 0.259 e. The Labute approximate surface area is 94.7 Å². The van der Waals surface area contributed by atoms with Gasteiger partial charge in [0, 0.05) is 0 Å². The fourth-order valence-electron chi connectivity index (χ4n) is 1.12. The van der Waals surface area contributed by atoms with Gasteiger partial charge < -0.3 is 0 Å². The molecule has 1 aromatic heterocycles. The molecule has 0 aliphatic rings. The van der Waals surface area contributed by atoms with Crippen molar-refractivity contribution < 1.29 is 9.18 Å². The lowest BCUT2D eigenvalue weighted by atomic mass is 10.2. The zero-order valence-electron chi connectivity index (χ0n) is 7.87. The van der Waals surface area contributed by atoms with E-state index in [0.717, 1.165) is 0 Å². The van der Waals surface area contributed by atoms with Crippen molar-refractivity contribution in [3.63, 3.8) is 0 Å². The molecular formula is C9H6ClFN4O. The Kier molecular flexibility index (Phi) is 2.82. The summed E-state index contributed by atoms with van der Waals surface area (Å²) in [6, 6.07) is 3.99. The van der Waals surface area contributed by atoms with Gasteiger partial charge in [0.25, 0.3) is 5.91 Å². The molecule has 0 atom stereocenters. The molecule has 1 amide bonds. The number of aromatic amines is 1. The number of amides is 1. The first-order valence-electron chi connectivity index (χ1n) is 4.29. The summed E-state index contributed by atoms with van der Waals surface area (Å²) in [5.74, 6) is -1.03. The third-order valence-electron chi connectivity index (χ3n) is 1.84. The molecule has 0 unspecified atom stereocenters. The van der Waals surface area contributed by atoms with Crippen LogP contribution in [0.4, 0.5) is 10.3 Å². The van der Waals surface area contributed by atoms with Gasteiger partial charge in [-0.2, -0.15) is 10.1 Å². The largest absolute Gasteiger partial charge is 0.291 e. The maximum atomic E-state index is 13.1. The van der Waals surface area contributed by atoms with Gasteiger partial charge >= 0.3 is 0 Å². The highest BCUT2D eigenvalue weighted by molar-refractivity contribution is 6.34. The Hall–Kier alpha value is -1.95. The van der Waals surface area contributed by atoms with Crippen molar-refractivity contribution in [1.82, 2.24) is 15.2 Å². The molecule has 0 aliphatic carbocycles. The van der Waals surface area contributed by atoms with Gasteiger partial charge in [0.1, 0.15) is 12.1 Å². The van der Waals surface area contributed by atoms with Crippen LogP contribution in [0, 0.1) is 5.82 Å². The molecule has 0 bridgehead atoms. The number of nitrogens with zero attached hydrogens (tertiary/aromatic N) is 2. The highest BCUT2D eigenvalue weighted by atomic mass is 35.5. The summed E-state index contributed by atoms with van der Waals surface area (Å²) < 4.78 is 13.1. The van der Waals surface area contributed by atoms with Crippen molar-refractivity contribution in [2.75, 3.05) is 5.32 Å². The van der Waals surface area contributed by atoms with Crippen LogP contribution in [0.25, 0.3) is 0 Å². The number of benzene rings is 1. The van der Waals surface area contributed by atoms with Crippen LogP contribution in [0.1, 0.15) is 10.4 Å². The quantitative estimate of drug-likeness (QED) is 0.842. The first kappa shape index (κ1) is 10.6. The minimum Gasteiger partial charge on any atom is -0.291 e. The van der Waals surface area contributed by atoms with Crippen LogP contribution in [-0.2, 0) is 0 Å². The van der Waals surface area contributed by atoms with Crippen LogP contribution in [0.5, 0.6) is 0 Å². The predicted molar refractivity (Wildman–Crippen MR) is 55.7 cm³/mol. The second kappa shape index (κ2) is 4.28. The molecule has 82 valence electrons. The predicted octanol–water partition coefficient (Wildman–Crippen LogP) is 1.85. The average molecular weight is 241 g/mol. The third kappa shape index (κ3) is 2.01. The summed E-state index contributed by atoms with van der Waals surface area (Å²) >= 11 is 5.65. The number of hydrogen-bond acceptors (Lipinski definition) is 3. The molecule has 0 radical (unpaired) electrons. The van der Waals surface area contributed by atoms with Gasteiger partial charge in [-0.15, -0.1) is 0 Å². The summed E-state index contributed by atoms with van der Waals surface area (Å²) in [7, 11) is 0. The van der Waals surface area contributed by atoms with E-state index in [1.165, 1.54) is 24.5 Å². The van der Waals surface area contributed by atoms with Crippen LogP contribution in [-0.4, -0.2) is 21.1 Å². The molecule has 0 fully saturated rings. The van der Waals surface area contributed by atoms with Crippen molar-refractivity contribution in [2.24, 2.45) is 0 Å². The zero-order chi connectivity index (χ0) is 11.5. The van der Waals surface area contributed by atoms with Gasteiger partial charge in [0.05, 0.1) is 10.6 Å². The molecule has 1 heterocycles. The van der Waals surface area contributed by atoms with Gasteiger partial charge in [-0.25, -0.2) is 9.49 Å². The van der Waals surface area contributed by atoms with E-state index in [2.05, 4.69) is 20.5 Å². The SMILES string of the molecule is O=C(Nc1ncn[nH]1)c1cccc(F)c1Cl. The van der Waals surface area contributed by atoms with Gasteiger partial charge in [-0.1, -0.05) is 17.7 Å². The van der Waals surface area contributed by atoms with Crippen molar-refractivity contribution in [3.05, 3.63) is 40.9 Å². The van der Waals surface area contributed by atoms with E-state index in [1.807, 2.05) is 0 Å². The molecule has 5 nitrogen and oxygen atoms in total. The molecule has 0 aliphatic heterocycles. The Morgan fingerprint density at radius 3 is 3.00 bits per heavy atom. The van der Waals surface area contributed by atoms with Crippen LogP contribution in [0.15, 0.2) is 24.5 Å². The van der Waals surface area contributed by atoms with Crippen molar-refractivity contribution >= 4 is 23.5 Å². The van der Waals surface area contributed by atoms with Gasteiger partial charge in [0.2, 0.25) is 5.95 Å². The number of carbonyl (C=O) groups is 1. The Bertz CT molecular complexity index is 514. The summed E-state index contributed by atoms with van der Waals surface area (Å²) in [5, 5.41) is 8.16. The lowest BCUT2D eigenvalue weighted by Crippen LogP contribution is -2.14. The fourth-order valence-corrected chi connectivity index (χ4v) is 1.33. The molecule has 7 heteroatoms. The number of carbonyl (C=O) groups excluding carboxylic acids is 1. The minimum absolute atomic E-state index is 0.0399. The van der Waals surface area contributed by atoms with Crippen molar-refractivity contribution in [3.8, 4) is 0 Å². The summed E-state index contributed by atoms with van der Waals surface area (Å²) in [4.78, 5) is 15.3. The number of halogens is 2. The number of anilines is 1. The number of aromatic nitrogens is 3. The van der Waals surface area contributed by atoms with E-state index in [9.17, 15) is 9.18 Å². The standard InChI is InChI=1S/C9H6ClFN4O/c10-7-5(2-1-3-6(7)11)8(16)14-9-12-4-13-15-9/h1-4H,(H2,12,13,14,15,16). The molecule has 1 aromatic carbocycles. The first-order valence-corrected chi connectivity index (χ1v) is 4.67. The van der Waals surface area contributed by atoms with E-state index in [-0.39, 0.29) is 16.5 Å². The molecular weight excluding hydrogens is 235 g/mol. The van der Waals surface area contributed by atoms with Crippen LogP contribution in [0.3, 0.4) is 0 Å². The molecule has 0 saturated carbocycles. The molecule has 2 rings (SSSR count). The van der Waals surface area contributed by atoms with E-state index >= 15 is 0 Å². The Balaban J connectivity index is 2.24.